The summed E-state index contributed by atoms with van der Waals surface area (Å²) in [4.78, 5) is 0. The van der Waals surface area contributed by atoms with Crippen LogP contribution < -0.4 is 0 Å². The van der Waals surface area contributed by atoms with E-state index in [1.165, 1.54) is 93.7 Å². The molecule has 0 aliphatic rings. The van der Waals surface area contributed by atoms with Crippen molar-refractivity contribution in [1.29, 1.82) is 0 Å². The lowest BCUT2D eigenvalue weighted by molar-refractivity contribution is 0.309. The summed E-state index contributed by atoms with van der Waals surface area (Å²) in [7, 11) is -3.28. The highest BCUT2D eigenvalue weighted by atomic mass is 32.2. The second-order valence-corrected chi connectivity index (χ2v) is 12.9. The van der Waals surface area contributed by atoms with Crippen molar-refractivity contribution < 1.29 is 12.6 Å². The van der Waals surface area contributed by atoms with Gasteiger partial charge in [0.1, 0.15) is 0 Å². The smallest absolute Gasteiger partial charge is 0.264 e. The van der Waals surface area contributed by atoms with Crippen molar-refractivity contribution in [3.63, 3.8) is 0 Å². The van der Waals surface area contributed by atoms with Gasteiger partial charge >= 0.3 is 0 Å². The molecule has 0 aliphatic carbocycles. The zero-order valence-corrected chi connectivity index (χ0v) is 25.4. The lowest BCUT2D eigenvalue weighted by Gasteiger charge is -2.36. The predicted molar refractivity (Wildman–Crippen MR) is 169 cm³/mol. The largest absolute Gasteiger partial charge is 0.270 e. The number of hydrogen-bond acceptors (Lipinski definition) is 3. The molecule has 4 heteroatoms. The standard InChI is InChI=1S/C36H50O3S/c1-40(37,38)39-32-24-13-11-9-7-5-3-2-4-6-8-10-12-23-31-36(33-25-17-14-18-26-33,34-27-19-15-20-28-34)35-29-21-16-22-30-35/h14-22,25-30H,2-13,23-24,31-32H2,1H3. The summed E-state index contributed by atoms with van der Waals surface area (Å²) < 4.78 is 26.7. The molecule has 0 spiro atoms. The van der Waals surface area contributed by atoms with Crippen LogP contribution in [0.15, 0.2) is 91.0 Å². The summed E-state index contributed by atoms with van der Waals surface area (Å²) in [5, 5.41) is 0. The number of benzene rings is 3. The van der Waals surface area contributed by atoms with Gasteiger partial charge in [0.25, 0.3) is 10.1 Å². The Morgan fingerprint density at radius 3 is 1.10 bits per heavy atom. The molecule has 3 aromatic carbocycles. The minimum Gasteiger partial charge on any atom is -0.270 e. The molecule has 0 heterocycles. The van der Waals surface area contributed by atoms with E-state index in [1.54, 1.807) is 0 Å². The van der Waals surface area contributed by atoms with Gasteiger partial charge < -0.3 is 0 Å². The van der Waals surface area contributed by atoms with E-state index in [0.29, 0.717) is 6.61 Å². The summed E-state index contributed by atoms with van der Waals surface area (Å²) in [6.45, 7) is 0.326. The molecule has 0 aromatic heterocycles. The van der Waals surface area contributed by atoms with Gasteiger partial charge in [0, 0.05) is 5.41 Å². The Morgan fingerprint density at radius 1 is 0.475 bits per heavy atom. The minimum atomic E-state index is -3.28. The van der Waals surface area contributed by atoms with Crippen LogP contribution in [0.2, 0.25) is 0 Å². The fraction of sp³-hybridized carbons (Fsp3) is 0.500. The number of rotatable bonds is 21. The first kappa shape index (κ1) is 32.1. The Kier molecular flexibility index (Phi) is 14.5. The van der Waals surface area contributed by atoms with Crippen LogP contribution in [-0.2, 0) is 19.7 Å². The maximum atomic E-state index is 10.9. The average Bonchev–Trinajstić information content (AvgIpc) is 2.97. The number of hydrogen-bond donors (Lipinski definition) is 0. The van der Waals surface area contributed by atoms with Gasteiger partial charge in [0.05, 0.1) is 12.9 Å². The second kappa shape index (κ2) is 18.1. The van der Waals surface area contributed by atoms with Gasteiger partial charge in [-0.25, -0.2) is 0 Å². The zero-order chi connectivity index (χ0) is 28.4. The van der Waals surface area contributed by atoms with Crippen LogP contribution >= 0.6 is 0 Å². The summed E-state index contributed by atoms with van der Waals surface area (Å²) in [6, 6.07) is 33.2. The molecule has 0 saturated carbocycles. The first-order chi connectivity index (χ1) is 19.5. The molecule has 0 bridgehead atoms. The SMILES string of the molecule is CS(=O)(=O)OCCCCCCCCCCCCCCCCC(c1ccccc1)(c1ccccc1)c1ccccc1. The van der Waals surface area contributed by atoms with E-state index in [2.05, 4.69) is 91.0 Å². The maximum absolute atomic E-state index is 10.9. The minimum absolute atomic E-state index is 0.117. The fourth-order valence-electron chi connectivity index (χ4n) is 5.92. The molecule has 0 amide bonds. The monoisotopic (exact) mass is 562 g/mol. The van der Waals surface area contributed by atoms with Crippen molar-refractivity contribution in [3.8, 4) is 0 Å². The molecule has 0 fully saturated rings. The molecule has 3 rings (SSSR count). The molecule has 0 atom stereocenters. The van der Waals surface area contributed by atoms with Crippen molar-refractivity contribution in [2.45, 2.75) is 102 Å². The van der Waals surface area contributed by atoms with Gasteiger partial charge in [-0.3, -0.25) is 4.18 Å². The Balaban J connectivity index is 1.33. The second-order valence-electron chi connectivity index (χ2n) is 11.2. The summed E-state index contributed by atoms with van der Waals surface area (Å²) in [5.74, 6) is 0. The molecule has 0 N–H and O–H groups in total. The van der Waals surface area contributed by atoms with Crippen LogP contribution in [0.4, 0.5) is 0 Å². The van der Waals surface area contributed by atoms with Crippen LogP contribution in [0.1, 0.15) is 113 Å². The van der Waals surface area contributed by atoms with E-state index in [-0.39, 0.29) is 5.41 Å². The Hall–Kier alpha value is -2.43. The topological polar surface area (TPSA) is 43.4 Å². The van der Waals surface area contributed by atoms with E-state index >= 15 is 0 Å². The fourth-order valence-corrected chi connectivity index (χ4v) is 6.35. The van der Waals surface area contributed by atoms with Crippen molar-refractivity contribution in [3.05, 3.63) is 108 Å². The quantitative estimate of drug-likeness (QED) is 0.0737. The van der Waals surface area contributed by atoms with Crippen molar-refractivity contribution in [2.24, 2.45) is 0 Å². The molecule has 0 saturated heterocycles. The molecule has 0 aliphatic heterocycles. The predicted octanol–water partition coefficient (Wildman–Crippen LogP) is 9.85. The van der Waals surface area contributed by atoms with Gasteiger partial charge in [0.15, 0.2) is 0 Å². The van der Waals surface area contributed by atoms with E-state index < -0.39 is 10.1 Å². The Labute approximate surface area is 244 Å². The van der Waals surface area contributed by atoms with E-state index in [4.69, 9.17) is 4.18 Å². The molecule has 0 unspecified atom stereocenters. The van der Waals surface area contributed by atoms with Crippen LogP contribution in [0.25, 0.3) is 0 Å². The van der Waals surface area contributed by atoms with Crippen LogP contribution in [-0.4, -0.2) is 21.3 Å². The highest BCUT2D eigenvalue weighted by molar-refractivity contribution is 7.85. The molecular formula is C36H50O3S. The van der Waals surface area contributed by atoms with E-state index in [0.717, 1.165) is 25.5 Å². The summed E-state index contributed by atoms with van der Waals surface area (Å²) in [5.41, 5.74) is 4.03. The van der Waals surface area contributed by atoms with Gasteiger partial charge in [-0.05, 0) is 29.5 Å². The maximum Gasteiger partial charge on any atom is 0.264 e. The lowest BCUT2D eigenvalue weighted by Crippen LogP contribution is -2.29. The Morgan fingerprint density at radius 2 is 0.775 bits per heavy atom. The van der Waals surface area contributed by atoms with E-state index in [9.17, 15) is 8.42 Å². The Bertz CT molecular complexity index is 1050. The van der Waals surface area contributed by atoms with Gasteiger partial charge in [0.2, 0.25) is 0 Å². The molecule has 3 nitrogen and oxygen atoms in total. The van der Waals surface area contributed by atoms with Crippen molar-refractivity contribution in [1.82, 2.24) is 0 Å². The first-order valence-electron chi connectivity index (χ1n) is 15.5. The van der Waals surface area contributed by atoms with Gasteiger partial charge in [-0.15, -0.1) is 0 Å². The first-order valence-corrected chi connectivity index (χ1v) is 17.3. The third kappa shape index (κ3) is 11.2. The van der Waals surface area contributed by atoms with Gasteiger partial charge in [-0.2, -0.15) is 8.42 Å². The highest BCUT2D eigenvalue weighted by Gasteiger charge is 2.35. The van der Waals surface area contributed by atoms with Crippen molar-refractivity contribution >= 4 is 10.1 Å². The third-order valence-electron chi connectivity index (χ3n) is 8.04. The number of unbranched alkanes of at least 4 members (excludes halogenated alkanes) is 13. The third-order valence-corrected chi connectivity index (χ3v) is 8.64. The van der Waals surface area contributed by atoms with Crippen LogP contribution in [0.3, 0.4) is 0 Å². The zero-order valence-electron chi connectivity index (χ0n) is 24.6. The summed E-state index contributed by atoms with van der Waals surface area (Å²) >= 11 is 0. The normalized spacial score (nSPS) is 12.0. The van der Waals surface area contributed by atoms with Crippen molar-refractivity contribution in [2.75, 3.05) is 12.9 Å². The molecular weight excluding hydrogens is 512 g/mol. The molecule has 0 radical (unpaired) electrons. The molecule has 3 aromatic rings. The summed E-state index contributed by atoms with van der Waals surface area (Å²) in [6.07, 6.45) is 19.7. The molecule has 218 valence electrons. The van der Waals surface area contributed by atoms with Gasteiger partial charge in [-0.1, -0.05) is 174 Å². The lowest BCUT2D eigenvalue weighted by atomic mass is 9.66. The van der Waals surface area contributed by atoms with Crippen LogP contribution in [0, 0.1) is 0 Å². The average molecular weight is 563 g/mol. The highest BCUT2D eigenvalue weighted by Crippen LogP contribution is 2.43. The van der Waals surface area contributed by atoms with E-state index in [1.807, 2.05) is 0 Å². The molecule has 40 heavy (non-hydrogen) atoms. The van der Waals surface area contributed by atoms with Crippen LogP contribution in [0.5, 0.6) is 0 Å².